The quantitative estimate of drug-likeness (QED) is 0.793. The number of hydrogen-bond donors (Lipinski definition) is 2. The van der Waals surface area contributed by atoms with Gasteiger partial charge in [-0.2, -0.15) is 0 Å². The monoisotopic (exact) mass is 271 g/mol. The number of amides is 1. The van der Waals surface area contributed by atoms with Crippen molar-refractivity contribution in [3.05, 3.63) is 29.8 Å². The van der Waals surface area contributed by atoms with Gasteiger partial charge in [0.25, 0.3) is 0 Å². The van der Waals surface area contributed by atoms with E-state index >= 15 is 0 Å². The first-order chi connectivity index (χ1) is 8.40. The molecule has 1 aromatic rings. The summed E-state index contributed by atoms with van der Waals surface area (Å²) in [6.45, 7) is 0.0834. The molecule has 0 aromatic heterocycles. The van der Waals surface area contributed by atoms with Gasteiger partial charge in [-0.3, -0.25) is 4.79 Å². The van der Waals surface area contributed by atoms with Gasteiger partial charge in [-0.1, -0.05) is 12.1 Å². The summed E-state index contributed by atoms with van der Waals surface area (Å²) in [5.74, 6) is -0.475. The normalized spacial score (nSPS) is 11.2. The lowest BCUT2D eigenvalue weighted by molar-refractivity contribution is -0.115. The van der Waals surface area contributed by atoms with Gasteiger partial charge in [0, 0.05) is 25.0 Å². The zero-order valence-electron chi connectivity index (χ0n) is 10.2. The average Bonchev–Trinajstić information content (AvgIpc) is 2.29. The largest absolute Gasteiger partial charge is 0.396 e. The SMILES string of the molecule is CS(=O)(=O)CCC(=O)Nc1ccc(CCO)cc1. The van der Waals surface area contributed by atoms with Crippen molar-refractivity contribution in [2.45, 2.75) is 12.8 Å². The lowest BCUT2D eigenvalue weighted by Gasteiger charge is -2.05. The summed E-state index contributed by atoms with van der Waals surface area (Å²) in [6.07, 6.45) is 1.63. The van der Waals surface area contributed by atoms with E-state index in [9.17, 15) is 13.2 Å². The van der Waals surface area contributed by atoms with Crippen LogP contribution in [0.4, 0.5) is 5.69 Å². The van der Waals surface area contributed by atoms with Gasteiger partial charge in [0.15, 0.2) is 0 Å². The van der Waals surface area contributed by atoms with Gasteiger partial charge in [-0.15, -0.1) is 0 Å². The molecule has 0 saturated heterocycles. The number of nitrogens with one attached hydrogen (secondary N) is 1. The molecule has 5 nitrogen and oxygen atoms in total. The van der Waals surface area contributed by atoms with Crippen LogP contribution in [-0.2, 0) is 21.1 Å². The van der Waals surface area contributed by atoms with Crippen molar-refractivity contribution in [2.75, 3.05) is 23.9 Å². The minimum Gasteiger partial charge on any atom is -0.396 e. The Morgan fingerprint density at radius 1 is 1.28 bits per heavy atom. The summed E-state index contributed by atoms with van der Waals surface area (Å²) in [5, 5.41) is 11.4. The molecule has 1 amide bonds. The molecule has 0 atom stereocenters. The van der Waals surface area contributed by atoms with Crippen LogP contribution in [0.3, 0.4) is 0 Å². The van der Waals surface area contributed by atoms with Crippen molar-refractivity contribution in [1.29, 1.82) is 0 Å². The van der Waals surface area contributed by atoms with Gasteiger partial charge in [0.05, 0.1) is 5.75 Å². The van der Waals surface area contributed by atoms with E-state index < -0.39 is 9.84 Å². The molecule has 0 heterocycles. The molecule has 0 bridgehead atoms. The Morgan fingerprint density at radius 3 is 2.39 bits per heavy atom. The molecule has 1 aromatic carbocycles. The lowest BCUT2D eigenvalue weighted by Crippen LogP contribution is -2.16. The predicted octanol–water partition coefficient (Wildman–Crippen LogP) is 0.595. The molecule has 6 heteroatoms. The second-order valence-corrected chi connectivity index (χ2v) is 6.36. The van der Waals surface area contributed by atoms with E-state index in [1.54, 1.807) is 12.1 Å². The predicted molar refractivity (Wildman–Crippen MR) is 70.2 cm³/mol. The van der Waals surface area contributed by atoms with Crippen molar-refractivity contribution >= 4 is 21.4 Å². The van der Waals surface area contributed by atoms with E-state index in [-0.39, 0.29) is 24.7 Å². The number of carbonyl (C=O) groups excluding carboxylic acids is 1. The summed E-state index contributed by atoms with van der Waals surface area (Å²) in [5.41, 5.74) is 1.60. The molecule has 18 heavy (non-hydrogen) atoms. The summed E-state index contributed by atoms with van der Waals surface area (Å²) in [6, 6.07) is 7.07. The third kappa shape index (κ3) is 5.79. The molecule has 0 radical (unpaired) electrons. The molecule has 0 aliphatic carbocycles. The van der Waals surface area contributed by atoms with Gasteiger partial charge in [0.1, 0.15) is 9.84 Å². The van der Waals surface area contributed by atoms with Crippen LogP contribution in [0.1, 0.15) is 12.0 Å². The van der Waals surface area contributed by atoms with Gasteiger partial charge < -0.3 is 10.4 Å². The fraction of sp³-hybridized carbons (Fsp3) is 0.417. The highest BCUT2D eigenvalue weighted by atomic mass is 32.2. The van der Waals surface area contributed by atoms with Crippen LogP contribution in [-0.4, -0.2) is 38.0 Å². The molecule has 2 N–H and O–H groups in total. The van der Waals surface area contributed by atoms with Crippen LogP contribution in [0, 0.1) is 0 Å². The maximum Gasteiger partial charge on any atom is 0.225 e. The molecule has 0 unspecified atom stereocenters. The number of hydrogen-bond acceptors (Lipinski definition) is 4. The average molecular weight is 271 g/mol. The third-order valence-corrected chi connectivity index (χ3v) is 3.28. The lowest BCUT2D eigenvalue weighted by atomic mass is 10.1. The van der Waals surface area contributed by atoms with Crippen LogP contribution in [0.25, 0.3) is 0 Å². The molecular weight excluding hydrogens is 254 g/mol. The summed E-state index contributed by atoms with van der Waals surface area (Å²) in [7, 11) is -3.11. The Labute approximate surface area is 107 Å². The molecule has 0 aliphatic rings. The third-order valence-electron chi connectivity index (χ3n) is 2.34. The Bertz CT molecular complexity index is 493. The molecule has 0 spiro atoms. The minimum atomic E-state index is -3.11. The van der Waals surface area contributed by atoms with E-state index in [2.05, 4.69) is 5.32 Å². The fourth-order valence-electron chi connectivity index (χ4n) is 1.39. The van der Waals surface area contributed by atoms with Crippen molar-refractivity contribution in [1.82, 2.24) is 0 Å². The summed E-state index contributed by atoms with van der Waals surface area (Å²) >= 11 is 0. The van der Waals surface area contributed by atoms with Crippen LogP contribution < -0.4 is 5.32 Å². The van der Waals surface area contributed by atoms with E-state index in [0.29, 0.717) is 12.1 Å². The second kappa shape index (κ2) is 6.51. The molecule has 1 rings (SSSR count). The van der Waals surface area contributed by atoms with Crippen molar-refractivity contribution in [2.24, 2.45) is 0 Å². The number of rotatable bonds is 6. The topological polar surface area (TPSA) is 83.5 Å². The van der Waals surface area contributed by atoms with E-state index in [0.717, 1.165) is 11.8 Å². The first-order valence-corrected chi connectivity index (χ1v) is 7.64. The van der Waals surface area contributed by atoms with Crippen molar-refractivity contribution in [3.63, 3.8) is 0 Å². The minimum absolute atomic E-state index is 0.0444. The second-order valence-electron chi connectivity index (χ2n) is 4.10. The van der Waals surface area contributed by atoms with Gasteiger partial charge in [0.2, 0.25) is 5.91 Å². The first kappa shape index (κ1) is 14.7. The number of sulfone groups is 1. The maximum absolute atomic E-state index is 11.5. The fourth-order valence-corrected chi connectivity index (χ4v) is 1.94. The van der Waals surface area contributed by atoms with Crippen molar-refractivity contribution < 1.29 is 18.3 Å². The summed E-state index contributed by atoms with van der Waals surface area (Å²) < 4.78 is 21.8. The zero-order valence-corrected chi connectivity index (χ0v) is 11.0. The number of carbonyl (C=O) groups is 1. The van der Waals surface area contributed by atoms with Gasteiger partial charge >= 0.3 is 0 Å². The molecule has 100 valence electrons. The number of anilines is 1. The molecule has 0 saturated carbocycles. The van der Waals surface area contributed by atoms with E-state index in [4.69, 9.17) is 5.11 Å². The molecule has 0 fully saturated rings. The molecular formula is C12H17NO4S. The Kier molecular flexibility index (Phi) is 5.30. The maximum atomic E-state index is 11.5. The highest BCUT2D eigenvalue weighted by molar-refractivity contribution is 7.90. The standard InChI is InChI=1S/C12H17NO4S/c1-18(16,17)9-7-12(15)13-11-4-2-10(3-5-11)6-8-14/h2-5,14H,6-9H2,1H3,(H,13,15). The molecule has 0 aliphatic heterocycles. The zero-order chi connectivity index (χ0) is 13.6. The van der Waals surface area contributed by atoms with Crippen LogP contribution >= 0.6 is 0 Å². The Balaban J connectivity index is 2.49. The van der Waals surface area contributed by atoms with Crippen LogP contribution in [0.5, 0.6) is 0 Å². The van der Waals surface area contributed by atoms with E-state index in [1.165, 1.54) is 0 Å². The highest BCUT2D eigenvalue weighted by Gasteiger charge is 2.08. The van der Waals surface area contributed by atoms with E-state index in [1.807, 2.05) is 12.1 Å². The van der Waals surface area contributed by atoms with Crippen molar-refractivity contribution in [3.8, 4) is 0 Å². The summed E-state index contributed by atoms with van der Waals surface area (Å²) in [4.78, 5) is 11.5. The Hall–Kier alpha value is -1.40. The smallest absolute Gasteiger partial charge is 0.225 e. The van der Waals surface area contributed by atoms with Gasteiger partial charge in [-0.05, 0) is 24.1 Å². The highest BCUT2D eigenvalue weighted by Crippen LogP contribution is 2.10. The number of aliphatic hydroxyl groups excluding tert-OH is 1. The van der Waals surface area contributed by atoms with Gasteiger partial charge in [-0.25, -0.2) is 8.42 Å². The first-order valence-electron chi connectivity index (χ1n) is 5.58. The Morgan fingerprint density at radius 2 is 1.89 bits per heavy atom. The van der Waals surface area contributed by atoms with Crippen LogP contribution in [0.15, 0.2) is 24.3 Å². The van der Waals surface area contributed by atoms with Crippen LogP contribution in [0.2, 0.25) is 0 Å². The number of aliphatic hydroxyl groups is 1. The number of benzene rings is 1.